The number of benzene rings is 1. The highest BCUT2D eigenvalue weighted by atomic mass is 79.9. The lowest BCUT2D eigenvalue weighted by Crippen LogP contribution is -2.19. The molecule has 0 unspecified atom stereocenters. The molecule has 68 valence electrons. The van der Waals surface area contributed by atoms with Crippen molar-refractivity contribution >= 4 is 21.8 Å². The van der Waals surface area contributed by atoms with E-state index in [-0.39, 0.29) is 5.91 Å². The first-order chi connectivity index (χ1) is 6.33. The maximum absolute atomic E-state index is 11.0. The number of carbonyl (C=O) groups excluding carboxylic acids is 1. The summed E-state index contributed by atoms with van der Waals surface area (Å²) in [5.74, 6) is -0.0965. The minimum absolute atomic E-state index is 0.0965. The molecule has 2 nitrogen and oxygen atoms in total. The third kappa shape index (κ3) is 3.90. The second kappa shape index (κ2) is 5.54. The molecular weight excluding hydrogens is 230 g/mol. The van der Waals surface area contributed by atoms with Crippen molar-refractivity contribution in [2.45, 2.75) is 6.54 Å². The molecule has 1 aromatic rings. The summed E-state index contributed by atoms with van der Waals surface area (Å²) >= 11 is 3.03. The smallest absolute Gasteiger partial charge is 0.244 e. The van der Waals surface area contributed by atoms with E-state index < -0.39 is 0 Å². The molecule has 1 amide bonds. The van der Waals surface area contributed by atoms with Crippen LogP contribution < -0.4 is 5.32 Å². The Balaban J connectivity index is 2.40. The van der Waals surface area contributed by atoms with Gasteiger partial charge in [0, 0.05) is 12.6 Å². The number of rotatable bonds is 3. The number of nitrogens with one attached hydrogen (secondary N) is 1. The van der Waals surface area contributed by atoms with Crippen LogP contribution in [0.4, 0.5) is 0 Å². The molecule has 0 aliphatic carbocycles. The Hall–Kier alpha value is -1.09. The molecule has 0 heterocycles. The molecule has 1 aromatic carbocycles. The minimum Gasteiger partial charge on any atom is -0.348 e. The lowest BCUT2D eigenvalue weighted by Gasteiger charge is -2.00. The largest absolute Gasteiger partial charge is 0.348 e. The molecule has 13 heavy (non-hydrogen) atoms. The summed E-state index contributed by atoms with van der Waals surface area (Å²) < 4.78 is 0. The first-order valence-electron chi connectivity index (χ1n) is 3.91. The third-order valence-corrected chi connectivity index (χ3v) is 1.79. The van der Waals surface area contributed by atoms with Crippen LogP contribution >= 0.6 is 15.9 Å². The monoisotopic (exact) mass is 239 g/mol. The minimum atomic E-state index is -0.0965. The Morgan fingerprint density at radius 1 is 1.38 bits per heavy atom. The molecule has 0 radical (unpaired) electrons. The Morgan fingerprint density at radius 3 is 2.69 bits per heavy atom. The van der Waals surface area contributed by atoms with Crippen LogP contribution in [-0.2, 0) is 11.3 Å². The average Bonchev–Trinajstić information content (AvgIpc) is 2.17. The Morgan fingerprint density at radius 2 is 2.08 bits per heavy atom. The van der Waals surface area contributed by atoms with Gasteiger partial charge in [0.05, 0.1) is 0 Å². The molecule has 0 saturated heterocycles. The zero-order chi connectivity index (χ0) is 9.52. The number of halogens is 1. The van der Waals surface area contributed by atoms with Gasteiger partial charge in [-0.05, 0) is 10.5 Å². The maximum Gasteiger partial charge on any atom is 0.244 e. The molecule has 0 fully saturated rings. The molecular formula is C10H10BrNO. The van der Waals surface area contributed by atoms with Gasteiger partial charge in [-0.15, -0.1) is 0 Å². The van der Waals surface area contributed by atoms with Gasteiger partial charge in [0.15, 0.2) is 0 Å². The summed E-state index contributed by atoms with van der Waals surface area (Å²) in [6, 6.07) is 9.78. The first kappa shape index (κ1) is 9.99. The summed E-state index contributed by atoms with van der Waals surface area (Å²) in [5.41, 5.74) is 1.10. The summed E-state index contributed by atoms with van der Waals surface area (Å²) in [6.45, 7) is 0.566. The van der Waals surface area contributed by atoms with Crippen molar-refractivity contribution in [1.82, 2.24) is 5.32 Å². The standard InChI is InChI=1S/C10H10BrNO/c11-7-6-10(13)12-8-9-4-2-1-3-5-9/h1-7H,8H2,(H,12,13)/b7-6+. The number of hydrogen-bond donors (Lipinski definition) is 1. The van der Waals surface area contributed by atoms with Gasteiger partial charge < -0.3 is 5.32 Å². The van der Waals surface area contributed by atoms with Crippen molar-refractivity contribution in [2.24, 2.45) is 0 Å². The van der Waals surface area contributed by atoms with E-state index in [4.69, 9.17) is 0 Å². The van der Waals surface area contributed by atoms with Gasteiger partial charge >= 0.3 is 0 Å². The number of hydrogen-bond acceptors (Lipinski definition) is 1. The summed E-state index contributed by atoms with van der Waals surface area (Å²) in [7, 11) is 0. The fourth-order valence-electron chi connectivity index (χ4n) is 0.901. The van der Waals surface area contributed by atoms with Crippen LogP contribution in [0.2, 0.25) is 0 Å². The molecule has 3 heteroatoms. The Labute approximate surface area is 85.8 Å². The molecule has 0 aliphatic rings. The molecule has 0 bridgehead atoms. The number of amides is 1. The van der Waals surface area contributed by atoms with Crippen LogP contribution in [0.3, 0.4) is 0 Å². The molecule has 0 atom stereocenters. The average molecular weight is 240 g/mol. The van der Waals surface area contributed by atoms with E-state index in [9.17, 15) is 4.79 Å². The van der Waals surface area contributed by atoms with Crippen LogP contribution in [-0.4, -0.2) is 5.91 Å². The third-order valence-electron chi connectivity index (χ3n) is 1.52. The molecule has 1 N–H and O–H groups in total. The second-order valence-corrected chi connectivity index (χ2v) is 3.02. The summed E-state index contributed by atoms with van der Waals surface area (Å²) in [6.07, 6.45) is 1.43. The van der Waals surface area contributed by atoms with E-state index in [1.165, 1.54) is 11.1 Å². The zero-order valence-electron chi connectivity index (χ0n) is 7.03. The second-order valence-electron chi connectivity index (χ2n) is 2.50. The van der Waals surface area contributed by atoms with Crippen LogP contribution in [0.5, 0.6) is 0 Å². The highest BCUT2D eigenvalue weighted by Gasteiger charge is 1.94. The highest BCUT2D eigenvalue weighted by Crippen LogP contribution is 1.97. The van der Waals surface area contributed by atoms with Crippen molar-refractivity contribution in [2.75, 3.05) is 0 Å². The highest BCUT2D eigenvalue weighted by molar-refractivity contribution is 9.11. The maximum atomic E-state index is 11.0. The fraction of sp³-hybridized carbons (Fsp3) is 0.100. The van der Waals surface area contributed by atoms with Crippen LogP contribution in [0.15, 0.2) is 41.4 Å². The van der Waals surface area contributed by atoms with Gasteiger partial charge in [0.25, 0.3) is 0 Å². The van der Waals surface area contributed by atoms with Gasteiger partial charge in [-0.1, -0.05) is 46.3 Å². The van der Waals surface area contributed by atoms with E-state index in [2.05, 4.69) is 21.2 Å². The van der Waals surface area contributed by atoms with Gasteiger partial charge in [0.1, 0.15) is 0 Å². The van der Waals surface area contributed by atoms with Crippen molar-refractivity contribution in [3.8, 4) is 0 Å². The SMILES string of the molecule is O=C(/C=C/Br)NCc1ccccc1. The van der Waals surface area contributed by atoms with E-state index in [0.29, 0.717) is 6.54 Å². The summed E-state index contributed by atoms with van der Waals surface area (Å²) in [4.78, 5) is 12.5. The van der Waals surface area contributed by atoms with Crippen LogP contribution in [0.1, 0.15) is 5.56 Å². The molecule has 0 aromatic heterocycles. The van der Waals surface area contributed by atoms with Gasteiger partial charge in [-0.25, -0.2) is 0 Å². The fourth-order valence-corrected chi connectivity index (χ4v) is 1.14. The van der Waals surface area contributed by atoms with E-state index in [0.717, 1.165) is 5.56 Å². The van der Waals surface area contributed by atoms with Gasteiger partial charge in [0.2, 0.25) is 5.91 Å². The molecule has 0 saturated carbocycles. The Kier molecular flexibility index (Phi) is 4.26. The number of carbonyl (C=O) groups is 1. The van der Waals surface area contributed by atoms with Crippen molar-refractivity contribution < 1.29 is 4.79 Å². The molecule has 0 spiro atoms. The van der Waals surface area contributed by atoms with Gasteiger partial charge in [-0.2, -0.15) is 0 Å². The Bertz CT molecular complexity index is 295. The van der Waals surface area contributed by atoms with Gasteiger partial charge in [-0.3, -0.25) is 4.79 Å². The first-order valence-corrected chi connectivity index (χ1v) is 4.83. The lowest BCUT2D eigenvalue weighted by molar-refractivity contribution is -0.116. The van der Waals surface area contributed by atoms with Crippen molar-refractivity contribution in [3.63, 3.8) is 0 Å². The van der Waals surface area contributed by atoms with Crippen LogP contribution in [0, 0.1) is 0 Å². The normalized spacial score (nSPS) is 10.2. The lowest BCUT2D eigenvalue weighted by atomic mass is 10.2. The summed E-state index contributed by atoms with van der Waals surface area (Å²) in [5, 5.41) is 2.74. The quantitative estimate of drug-likeness (QED) is 0.806. The zero-order valence-corrected chi connectivity index (χ0v) is 8.62. The van der Waals surface area contributed by atoms with E-state index in [1.54, 1.807) is 0 Å². The van der Waals surface area contributed by atoms with E-state index >= 15 is 0 Å². The van der Waals surface area contributed by atoms with Crippen LogP contribution in [0.25, 0.3) is 0 Å². The predicted molar refractivity (Wildman–Crippen MR) is 56.4 cm³/mol. The molecule has 0 aliphatic heterocycles. The van der Waals surface area contributed by atoms with Crippen molar-refractivity contribution in [1.29, 1.82) is 0 Å². The van der Waals surface area contributed by atoms with E-state index in [1.807, 2.05) is 30.3 Å². The van der Waals surface area contributed by atoms with Crippen molar-refractivity contribution in [3.05, 3.63) is 47.0 Å². The topological polar surface area (TPSA) is 29.1 Å². The predicted octanol–water partition coefficient (Wildman–Crippen LogP) is 2.21. The molecule has 1 rings (SSSR count).